The molecule has 0 amide bonds. The van der Waals surface area contributed by atoms with Gasteiger partial charge < -0.3 is 14.1 Å². The number of alkyl halides is 3. The van der Waals surface area contributed by atoms with Gasteiger partial charge in [-0.05, 0) is 75.5 Å². The lowest BCUT2D eigenvalue weighted by Crippen LogP contribution is -2.40. The zero-order valence-corrected chi connectivity index (χ0v) is 17.2. The van der Waals surface area contributed by atoms with E-state index in [1.807, 2.05) is 13.0 Å². The molecule has 1 aliphatic rings. The van der Waals surface area contributed by atoms with Gasteiger partial charge in [-0.1, -0.05) is 19.4 Å². The van der Waals surface area contributed by atoms with Crippen LogP contribution in [0.1, 0.15) is 55.6 Å². The lowest BCUT2D eigenvalue weighted by molar-refractivity contribution is -0.137. The average Bonchev–Trinajstić information content (AvgIpc) is 3.12. The van der Waals surface area contributed by atoms with E-state index in [2.05, 4.69) is 17.9 Å². The summed E-state index contributed by atoms with van der Waals surface area (Å²) in [5.74, 6) is 2.88. The first kappa shape index (κ1) is 21.8. The highest BCUT2D eigenvalue weighted by atomic mass is 19.4. The minimum atomic E-state index is -4.36. The summed E-state index contributed by atoms with van der Waals surface area (Å²) >= 11 is 0. The van der Waals surface area contributed by atoms with Crippen LogP contribution in [0, 0.1) is 12.8 Å². The first-order chi connectivity index (χ1) is 13.9. The molecule has 1 aromatic carbocycles. The van der Waals surface area contributed by atoms with Crippen molar-refractivity contribution in [2.75, 3.05) is 26.2 Å². The molecule has 29 heavy (non-hydrogen) atoms. The molecule has 0 saturated carbocycles. The van der Waals surface area contributed by atoms with Crippen LogP contribution in [-0.4, -0.2) is 31.1 Å². The molecular weight excluding hydrogens is 379 g/mol. The van der Waals surface area contributed by atoms with Crippen LogP contribution in [-0.2, 0) is 6.18 Å². The first-order valence-electron chi connectivity index (χ1n) is 10.5. The molecule has 1 fully saturated rings. The van der Waals surface area contributed by atoms with Gasteiger partial charge in [-0.15, -0.1) is 0 Å². The Morgan fingerprint density at radius 3 is 2.72 bits per heavy atom. The fourth-order valence-electron chi connectivity index (χ4n) is 4.10. The molecule has 6 heteroatoms. The zero-order valence-electron chi connectivity index (χ0n) is 17.2. The van der Waals surface area contributed by atoms with Gasteiger partial charge in [-0.25, -0.2) is 0 Å². The van der Waals surface area contributed by atoms with Crippen molar-refractivity contribution in [1.29, 1.82) is 0 Å². The SMILES string of the molecule is CCCCN1CC[C@@H](c2ccc(C)o2)[C@H](CCOc2cccc(C(F)(F)F)c2)C1. The Kier molecular flexibility index (Phi) is 7.28. The summed E-state index contributed by atoms with van der Waals surface area (Å²) in [5, 5.41) is 0. The lowest BCUT2D eigenvalue weighted by atomic mass is 9.81. The molecule has 2 aromatic rings. The minimum Gasteiger partial charge on any atom is -0.494 e. The van der Waals surface area contributed by atoms with E-state index in [-0.39, 0.29) is 5.75 Å². The van der Waals surface area contributed by atoms with Crippen molar-refractivity contribution in [3.05, 3.63) is 53.5 Å². The van der Waals surface area contributed by atoms with E-state index in [1.54, 1.807) is 6.07 Å². The molecule has 3 rings (SSSR count). The maximum atomic E-state index is 12.9. The van der Waals surface area contributed by atoms with E-state index in [0.29, 0.717) is 18.4 Å². The Balaban J connectivity index is 1.63. The minimum absolute atomic E-state index is 0.267. The Morgan fingerprint density at radius 1 is 1.21 bits per heavy atom. The number of aryl methyl sites for hydroxylation is 1. The van der Waals surface area contributed by atoms with Gasteiger partial charge in [0.15, 0.2) is 0 Å². The van der Waals surface area contributed by atoms with Gasteiger partial charge >= 0.3 is 6.18 Å². The molecule has 0 spiro atoms. The average molecular weight is 409 g/mol. The van der Waals surface area contributed by atoms with E-state index >= 15 is 0 Å². The quantitative estimate of drug-likeness (QED) is 0.513. The number of benzene rings is 1. The van der Waals surface area contributed by atoms with Gasteiger partial charge in [-0.2, -0.15) is 13.2 Å². The van der Waals surface area contributed by atoms with E-state index in [0.717, 1.165) is 56.1 Å². The molecule has 0 N–H and O–H groups in total. The predicted molar refractivity (Wildman–Crippen MR) is 107 cm³/mol. The second-order valence-electron chi connectivity index (χ2n) is 7.92. The number of hydrogen-bond acceptors (Lipinski definition) is 3. The standard InChI is InChI=1S/C23H30F3NO2/c1-3-4-12-27-13-10-21(22-9-8-17(2)29-22)18(16-27)11-14-28-20-7-5-6-19(15-20)23(24,25)26/h5-9,15,18,21H,3-4,10-14,16H2,1-2H3/t18-,21-/m1/s1. The fourth-order valence-corrected chi connectivity index (χ4v) is 4.10. The van der Waals surface area contributed by atoms with Crippen molar-refractivity contribution in [3.63, 3.8) is 0 Å². The van der Waals surface area contributed by atoms with Crippen LogP contribution >= 0.6 is 0 Å². The Morgan fingerprint density at radius 2 is 2.03 bits per heavy atom. The summed E-state index contributed by atoms with van der Waals surface area (Å²) < 4.78 is 50.3. The number of nitrogens with zero attached hydrogens (tertiary/aromatic N) is 1. The Hall–Kier alpha value is -1.95. The number of furan rings is 1. The molecule has 0 aliphatic carbocycles. The number of halogens is 3. The van der Waals surface area contributed by atoms with Gasteiger partial charge in [0.05, 0.1) is 12.2 Å². The van der Waals surface area contributed by atoms with Crippen LogP contribution in [0.3, 0.4) is 0 Å². The van der Waals surface area contributed by atoms with Gasteiger partial charge in [0.2, 0.25) is 0 Å². The van der Waals surface area contributed by atoms with Crippen molar-refractivity contribution in [1.82, 2.24) is 4.90 Å². The van der Waals surface area contributed by atoms with Crippen LogP contribution in [0.25, 0.3) is 0 Å². The number of ether oxygens (including phenoxy) is 1. The molecule has 0 bridgehead atoms. The van der Waals surface area contributed by atoms with Crippen LogP contribution in [0.2, 0.25) is 0 Å². The number of hydrogen-bond donors (Lipinski definition) is 0. The highest BCUT2D eigenvalue weighted by Gasteiger charge is 2.32. The van der Waals surface area contributed by atoms with Crippen molar-refractivity contribution >= 4 is 0 Å². The molecule has 3 nitrogen and oxygen atoms in total. The van der Waals surface area contributed by atoms with Gasteiger partial charge in [0.25, 0.3) is 0 Å². The molecule has 2 heterocycles. The Labute approximate surface area is 170 Å². The van der Waals surface area contributed by atoms with Gasteiger partial charge in [0, 0.05) is 12.5 Å². The molecule has 1 aliphatic heterocycles. The first-order valence-corrected chi connectivity index (χ1v) is 10.5. The predicted octanol–water partition coefficient (Wildman–Crippen LogP) is 6.28. The van der Waals surface area contributed by atoms with Crippen molar-refractivity contribution in [2.24, 2.45) is 5.92 Å². The normalized spacial score (nSPS) is 20.7. The molecule has 0 radical (unpaired) electrons. The summed E-state index contributed by atoms with van der Waals surface area (Å²) in [6, 6.07) is 9.16. The molecule has 160 valence electrons. The summed E-state index contributed by atoms with van der Waals surface area (Å²) in [7, 11) is 0. The number of piperidine rings is 1. The number of likely N-dealkylation sites (tertiary alicyclic amines) is 1. The van der Waals surface area contributed by atoms with Crippen LogP contribution in [0.5, 0.6) is 5.75 Å². The Bertz CT molecular complexity index is 771. The number of rotatable bonds is 8. The third-order valence-corrected chi connectivity index (χ3v) is 5.69. The highest BCUT2D eigenvalue weighted by Crippen LogP contribution is 2.36. The summed E-state index contributed by atoms with van der Waals surface area (Å²) in [6.07, 6.45) is -0.197. The van der Waals surface area contributed by atoms with E-state index in [4.69, 9.17) is 9.15 Å². The second-order valence-corrected chi connectivity index (χ2v) is 7.92. The smallest absolute Gasteiger partial charge is 0.416 e. The fraction of sp³-hybridized carbons (Fsp3) is 0.565. The molecule has 1 saturated heterocycles. The van der Waals surface area contributed by atoms with Crippen molar-refractivity contribution in [2.45, 2.75) is 51.6 Å². The van der Waals surface area contributed by atoms with Crippen molar-refractivity contribution < 1.29 is 22.3 Å². The van der Waals surface area contributed by atoms with Gasteiger partial charge in [0.1, 0.15) is 17.3 Å². The maximum absolute atomic E-state index is 12.9. The van der Waals surface area contributed by atoms with E-state index in [9.17, 15) is 13.2 Å². The van der Waals surface area contributed by atoms with Crippen LogP contribution < -0.4 is 4.74 Å². The zero-order chi connectivity index (χ0) is 20.9. The number of unbranched alkanes of at least 4 members (excludes halogenated alkanes) is 1. The molecule has 2 atom stereocenters. The molecule has 0 unspecified atom stereocenters. The summed E-state index contributed by atoms with van der Waals surface area (Å²) in [4.78, 5) is 2.49. The maximum Gasteiger partial charge on any atom is 0.416 e. The summed E-state index contributed by atoms with van der Waals surface area (Å²) in [6.45, 7) is 7.64. The van der Waals surface area contributed by atoms with E-state index in [1.165, 1.54) is 18.9 Å². The third-order valence-electron chi connectivity index (χ3n) is 5.69. The highest BCUT2D eigenvalue weighted by molar-refractivity contribution is 5.30. The largest absolute Gasteiger partial charge is 0.494 e. The van der Waals surface area contributed by atoms with Crippen LogP contribution in [0.15, 0.2) is 40.8 Å². The third kappa shape index (κ3) is 6.01. The molecule has 1 aromatic heterocycles. The van der Waals surface area contributed by atoms with Crippen LogP contribution in [0.4, 0.5) is 13.2 Å². The second kappa shape index (κ2) is 9.70. The topological polar surface area (TPSA) is 25.6 Å². The lowest BCUT2D eigenvalue weighted by Gasteiger charge is -2.38. The van der Waals surface area contributed by atoms with Crippen molar-refractivity contribution in [3.8, 4) is 5.75 Å². The summed E-state index contributed by atoms with van der Waals surface area (Å²) in [5.41, 5.74) is -0.678. The molecular formula is C23H30F3NO2. The van der Waals surface area contributed by atoms with E-state index < -0.39 is 11.7 Å². The van der Waals surface area contributed by atoms with Gasteiger partial charge in [-0.3, -0.25) is 0 Å². The monoisotopic (exact) mass is 409 g/mol.